The van der Waals surface area contributed by atoms with Crippen LogP contribution in [0, 0.1) is 0 Å². The normalized spacial score (nSPS) is 19.2. The van der Waals surface area contributed by atoms with Crippen molar-refractivity contribution in [3.63, 3.8) is 0 Å². The molecule has 1 saturated heterocycles. The summed E-state index contributed by atoms with van der Waals surface area (Å²) >= 11 is 0. The fourth-order valence-electron chi connectivity index (χ4n) is 1.44. The highest BCUT2D eigenvalue weighted by Crippen LogP contribution is 2.00. The van der Waals surface area contributed by atoms with Crippen molar-refractivity contribution in [3.05, 3.63) is 28.2 Å². The van der Waals surface area contributed by atoms with E-state index in [2.05, 4.69) is 20.8 Å². The topological polar surface area (TPSA) is 104 Å². The van der Waals surface area contributed by atoms with Gasteiger partial charge >= 0.3 is 0 Å². The molecular formula is C9H10N4O3. The molecule has 2 rings (SSSR count). The molecule has 7 heteroatoms. The van der Waals surface area contributed by atoms with Crippen LogP contribution >= 0.6 is 0 Å². The van der Waals surface area contributed by atoms with E-state index in [4.69, 9.17) is 0 Å². The first kappa shape index (κ1) is 10.3. The number of hydrogen-bond donors (Lipinski definition) is 3. The number of aromatic amines is 1. The number of hydrogen-bond acceptors (Lipinski definition) is 4. The van der Waals surface area contributed by atoms with Crippen LogP contribution < -0.4 is 16.2 Å². The first-order valence-electron chi connectivity index (χ1n) is 4.78. The Bertz CT molecular complexity index is 461. The van der Waals surface area contributed by atoms with Gasteiger partial charge < -0.3 is 10.6 Å². The molecule has 1 unspecified atom stereocenters. The lowest BCUT2D eigenvalue weighted by molar-refractivity contribution is -0.119. The standard InChI is InChI=1S/C9H10N4O3/c14-7-2-1-6(12-13-7)9(16)11-5-3-8(15)10-4-5/h1-2,5H,3-4H2,(H,10,15)(H,11,16)(H,13,14). The van der Waals surface area contributed by atoms with Crippen LogP contribution in [0.3, 0.4) is 0 Å². The highest BCUT2D eigenvalue weighted by Gasteiger charge is 2.23. The molecule has 2 heterocycles. The number of rotatable bonds is 2. The zero-order chi connectivity index (χ0) is 11.5. The van der Waals surface area contributed by atoms with E-state index >= 15 is 0 Å². The maximum Gasteiger partial charge on any atom is 0.272 e. The number of aromatic nitrogens is 2. The number of nitrogens with zero attached hydrogens (tertiary/aromatic N) is 1. The van der Waals surface area contributed by atoms with E-state index in [0.29, 0.717) is 6.54 Å². The SMILES string of the molecule is O=C1CC(NC(=O)c2ccc(=O)[nH]n2)CN1. The minimum absolute atomic E-state index is 0.0836. The van der Waals surface area contributed by atoms with Crippen molar-refractivity contribution in [3.8, 4) is 0 Å². The van der Waals surface area contributed by atoms with E-state index in [1.54, 1.807) is 0 Å². The number of carbonyl (C=O) groups excluding carboxylic acids is 2. The van der Waals surface area contributed by atoms with Crippen LogP contribution in [0.25, 0.3) is 0 Å². The number of amides is 2. The van der Waals surface area contributed by atoms with Gasteiger partial charge in [0.1, 0.15) is 5.69 Å². The Morgan fingerprint density at radius 2 is 2.25 bits per heavy atom. The fourth-order valence-corrected chi connectivity index (χ4v) is 1.44. The Labute approximate surface area is 90.2 Å². The van der Waals surface area contributed by atoms with Crippen LogP contribution in [-0.2, 0) is 4.79 Å². The third-order valence-corrected chi connectivity index (χ3v) is 2.22. The van der Waals surface area contributed by atoms with Crippen LogP contribution in [-0.4, -0.2) is 34.6 Å². The van der Waals surface area contributed by atoms with Gasteiger partial charge in [-0.25, -0.2) is 5.10 Å². The summed E-state index contributed by atoms with van der Waals surface area (Å²) < 4.78 is 0. The smallest absolute Gasteiger partial charge is 0.272 e. The predicted molar refractivity (Wildman–Crippen MR) is 53.7 cm³/mol. The minimum Gasteiger partial charge on any atom is -0.354 e. The Morgan fingerprint density at radius 1 is 1.44 bits per heavy atom. The summed E-state index contributed by atoms with van der Waals surface area (Å²) in [6, 6.07) is 2.34. The molecule has 1 atom stereocenters. The first-order valence-corrected chi connectivity index (χ1v) is 4.78. The summed E-state index contributed by atoms with van der Waals surface area (Å²) in [5, 5.41) is 11.0. The van der Waals surface area contributed by atoms with E-state index in [1.807, 2.05) is 0 Å². The van der Waals surface area contributed by atoms with Crippen LogP contribution in [0.1, 0.15) is 16.9 Å². The molecule has 1 aliphatic heterocycles. The van der Waals surface area contributed by atoms with Gasteiger partial charge in [0, 0.05) is 19.0 Å². The third kappa shape index (κ3) is 2.25. The Hall–Kier alpha value is -2.18. The molecular weight excluding hydrogens is 212 g/mol. The van der Waals surface area contributed by atoms with Gasteiger partial charge in [0.15, 0.2) is 0 Å². The second-order valence-electron chi connectivity index (χ2n) is 3.49. The van der Waals surface area contributed by atoms with Gasteiger partial charge in [-0.05, 0) is 6.07 Å². The lowest BCUT2D eigenvalue weighted by Crippen LogP contribution is -2.37. The van der Waals surface area contributed by atoms with Crippen LogP contribution in [0.5, 0.6) is 0 Å². The van der Waals surface area contributed by atoms with Crippen LogP contribution in [0.4, 0.5) is 0 Å². The molecule has 0 bridgehead atoms. The number of carbonyl (C=O) groups is 2. The monoisotopic (exact) mass is 222 g/mol. The third-order valence-electron chi connectivity index (χ3n) is 2.22. The maximum absolute atomic E-state index is 11.6. The van der Waals surface area contributed by atoms with Gasteiger partial charge in [0.2, 0.25) is 5.91 Å². The lowest BCUT2D eigenvalue weighted by atomic mass is 10.2. The first-order chi connectivity index (χ1) is 7.65. The van der Waals surface area contributed by atoms with Crippen LogP contribution in [0.15, 0.2) is 16.9 Å². The molecule has 2 amide bonds. The molecule has 1 fully saturated rings. The molecule has 3 N–H and O–H groups in total. The highest BCUT2D eigenvalue weighted by molar-refractivity contribution is 5.93. The second kappa shape index (κ2) is 4.13. The Morgan fingerprint density at radius 3 is 2.81 bits per heavy atom. The van der Waals surface area contributed by atoms with E-state index in [0.717, 1.165) is 0 Å². The van der Waals surface area contributed by atoms with Crippen molar-refractivity contribution in [1.82, 2.24) is 20.8 Å². The molecule has 0 saturated carbocycles. The Kier molecular flexibility index (Phi) is 2.67. The quantitative estimate of drug-likeness (QED) is 0.559. The largest absolute Gasteiger partial charge is 0.354 e. The minimum atomic E-state index is -0.405. The van der Waals surface area contributed by atoms with E-state index < -0.39 is 5.91 Å². The molecule has 16 heavy (non-hydrogen) atoms. The van der Waals surface area contributed by atoms with E-state index in [1.165, 1.54) is 12.1 Å². The highest BCUT2D eigenvalue weighted by atomic mass is 16.2. The van der Waals surface area contributed by atoms with E-state index in [-0.39, 0.29) is 29.6 Å². The van der Waals surface area contributed by atoms with E-state index in [9.17, 15) is 14.4 Å². The summed E-state index contributed by atoms with van der Waals surface area (Å²) in [7, 11) is 0. The summed E-state index contributed by atoms with van der Waals surface area (Å²) in [6.45, 7) is 0.425. The van der Waals surface area contributed by atoms with Crippen LogP contribution in [0.2, 0.25) is 0 Å². The van der Waals surface area contributed by atoms with Crippen molar-refractivity contribution in [2.45, 2.75) is 12.5 Å². The van der Waals surface area contributed by atoms with Gasteiger partial charge in [-0.2, -0.15) is 5.10 Å². The number of H-pyrrole nitrogens is 1. The van der Waals surface area contributed by atoms with Gasteiger partial charge in [-0.3, -0.25) is 14.4 Å². The van der Waals surface area contributed by atoms with Crippen molar-refractivity contribution >= 4 is 11.8 Å². The number of nitrogens with one attached hydrogen (secondary N) is 3. The fraction of sp³-hybridized carbons (Fsp3) is 0.333. The molecule has 1 aromatic rings. The summed E-state index contributed by atoms with van der Waals surface area (Å²) in [5.74, 6) is -0.488. The van der Waals surface area contributed by atoms with Gasteiger partial charge in [0.05, 0.1) is 6.04 Å². The zero-order valence-electron chi connectivity index (χ0n) is 8.32. The lowest BCUT2D eigenvalue weighted by Gasteiger charge is -2.08. The molecule has 1 aromatic heterocycles. The average Bonchev–Trinajstić information content (AvgIpc) is 2.65. The molecule has 84 valence electrons. The summed E-state index contributed by atoms with van der Waals surface area (Å²) in [6.07, 6.45) is 0.273. The van der Waals surface area contributed by atoms with Gasteiger partial charge in [-0.1, -0.05) is 0 Å². The van der Waals surface area contributed by atoms with Gasteiger partial charge in [0.25, 0.3) is 11.5 Å². The van der Waals surface area contributed by atoms with Gasteiger partial charge in [-0.15, -0.1) is 0 Å². The van der Waals surface area contributed by atoms with Crippen molar-refractivity contribution in [2.75, 3.05) is 6.54 Å². The predicted octanol–water partition coefficient (Wildman–Crippen LogP) is -1.61. The zero-order valence-corrected chi connectivity index (χ0v) is 8.32. The van der Waals surface area contributed by atoms with Crippen molar-refractivity contribution < 1.29 is 9.59 Å². The van der Waals surface area contributed by atoms with Crippen molar-refractivity contribution in [1.29, 1.82) is 0 Å². The average molecular weight is 222 g/mol. The molecule has 0 aromatic carbocycles. The second-order valence-corrected chi connectivity index (χ2v) is 3.49. The maximum atomic E-state index is 11.6. The molecule has 0 spiro atoms. The Balaban J connectivity index is 2.00. The summed E-state index contributed by atoms with van der Waals surface area (Å²) in [4.78, 5) is 33.2. The molecule has 0 aliphatic carbocycles. The van der Waals surface area contributed by atoms with Crippen molar-refractivity contribution in [2.24, 2.45) is 0 Å². The molecule has 1 aliphatic rings. The summed E-state index contributed by atoms with van der Waals surface area (Å²) in [5.41, 5.74) is -0.242. The molecule has 7 nitrogen and oxygen atoms in total. The molecule has 0 radical (unpaired) electrons.